The van der Waals surface area contributed by atoms with E-state index in [-0.39, 0.29) is 0 Å². The fraction of sp³-hybridized carbons (Fsp3) is 0.250. The van der Waals surface area contributed by atoms with Crippen LogP contribution in [-0.4, -0.2) is 27.7 Å². The molecule has 108 valence electrons. The number of aliphatic hydroxyl groups excluding tert-OH is 1. The number of rotatable bonds is 4. The molecule has 5 heteroatoms. The number of nitrogens with zero attached hydrogens (tertiary/aromatic N) is 2. The van der Waals surface area contributed by atoms with E-state index in [2.05, 4.69) is 51.9 Å². The van der Waals surface area contributed by atoms with Crippen LogP contribution in [0.3, 0.4) is 0 Å². The average molecular weight is 299 g/mol. The fourth-order valence-corrected chi connectivity index (χ4v) is 3.12. The van der Waals surface area contributed by atoms with Crippen LogP contribution in [0.25, 0.3) is 21.3 Å². The van der Waals surface area contributed by atoms with E-state index in [0.29, 0.717) is 6.54 Å². The van der Waals surface area contributed by atoms with Crippen molar-refractivity contribution in [2.24, 2.45) is 0 Å². The van der Waals surface area contributed by atoms with Gasteiger partial charge in [-0.05, 0) is 19.4 Å². The molecule has 3 rings (SSSR count). The molecule has 21 heavy (non-hydrogen) atoms. The summed E-state index contributed by atoms with van der Waals surface area (Å²) in [6.07, 6.45) is 1.14. The first kappa shape index (κ1) is 14.0. The molecule has 0 bridgehead atoms. The second-order valence-corrected chi connectivity index (χ2v) is 6.01. The van der Waals surface area contributed by atoms with E-state index < -0.39 is 6.10 Å². The van der Waals surface area contributed by atoms with Crippen LogP contribution < -0.4 is 5.32 Å². The Morgan fingerprint density at radius 2 is 2.00 bits per heavy atom. The van der Waals surface area contributed by atoms with Crippen LogP contribution >= 0.6 is 11.3 Å². The van der Waals surface area contributed by atoms with Crippen LogP contribution in [0.1, 0.15) is 12.5 Å². The van der Waals surface area contributed by atoms with E-state index >= 15 is 0 Å². The van der Waals surface area contributed by atoms with Gasteiger partial charge in [-0.1, -0.05) is 29.8 Å². The molecule has 1 aromatic carbocycles. The van der Waals surface area contributed by atoms with Crippen molar-refractivity contribution >= 4 is 27.4 Å². The number of hydrogen-bond acceptors (Lipinski definition) is 5. The lowest BCUT2D eigenvalue weighted by molar-refractivity contribution is 0.208. The van der Waals surface area contributed by atoms with Gasteiger partial charge in [-0.25, -0.2) is 9.97 Å². The highest BCUT2D eigenvalue weighted by molar-refractivity contribution is 7.17. The van der Waals surface area contributed by atoms with Crippen LogP contribution in [0.4, 0.5) is 5.82 Å². The lowest BCUT2D eigenvalue weighted by atomic mass is 10.0. The first-order valence-electron chi connectivity index (χ1n) is 6.86. The summed E-state index contributed by atoms with van der Waals surface area (Å²) >= 11 is 1.61. The van der Waals surface area contributed by atoms with E-state index in [0.717, 1.165) is 27.2 Å². The highest BCUT2D eigenvalue weighted by atomic mass is 32.1. The molecule has 0 fully saturated rings. The maximum atomic E-state index is 9.45. The minimum absolute atomic E-state index is 0.420. The Labute approximate surface area is 127 Å². The average Bonchev–Trinajstić information content (AvgIpc) is 2.90. The maximum Gasteiger partial charge on any atom is 0.138 e. The van der Waals surface area contributed by atoms with Crippen LogP contribution in [0.5, 0.6) is 0 Å². The second kappa shape index (κ2) is 5.79. The summed E-state index contributed by atoms with van der Waals surface area (Å²) in [7, 11) is 0. The third kappa shape index (κ3) is 2.89. The number of benzene rings is 1. The molecule has 0 aliphatic rings. The summed E-state index contributed by atoms with van der Waals surface area (Å²) in [6.45, 7) is 4.30. The van der Waals surface area contributed by atoms with Crippen LogP contribution in [-0.2, 0) is 0 Å². The molecule has 1 atom stereocenters. The van der Waals surface area contributed by atoms with Gasteiger partial charge in [0.1, 0.15) is 17.0 Å². The molecular formula is C16H17N3OS. The number of thiophene rings is 1. The largest absolute Gasteiger partial charge is 0.392 e. The van der Waals surface area contributed by atoms with Gasteiger partial charge in [-0.3, -0.25) is 0 Å². The van der Waals surface area contributed by atoms with E-state index in [1.54, 1.807) is 24.6 Å². The van der Waals surface area contributed by atoms with Gasteiger partial charge in [0.15, 0.2) is 0 Å². The Balaban J connectivity index is 2.08. The maximum absolute atomic E-state index is 9.45. The SMILES string of the molecule is Cc1ccc(-c2csc3ncnc(NCC(C)O)c23)cc1. The number of hydrogen-bond donors (Lipinski definition) is 2. The normalized spacial score (nSPS) is 12.5. The topological polar surface area (TPSA) is 58.0 Å². The van der Waals surface area contributed by atoms with Gasteiger partial charge in [0, 0.05) is 17.5 Å². The molecule has 0 aliphatic heterocycles. The minimum atomic E-state index is -0.420. The summed E-state index contributed by atoms with van der Waals surface area (Å²) in [6, 6.07) is 8.43. The zero-order valence-corrected chi connectivity index (χ0v) is 12.8. The zero-order chi connectivity index (χ0) is 14.8. The molecule has 0 amide bonds. The van der Waals surface area contributed by atoms with Crippen molar-refractivity contribution in [2.75, 3.05) is 11.9 Å². The molecule has 0 saturated carbocycles. The van der Waals surface area contributed by atoms with Gasteiger partial charge in [-0.15, -0.1) is 11.3 Å². The van der Waals surface area contributed by atoms with Crippen LogP contribution in [0.15, 0.2) is 36.0 Å². The molecule has 2 aromatic heterocycles. The summed E-state index contributed by atoms with van der Waals surface area (Å²) in [5, 5.41) is 15.8. The number of aromatic nitrogens is 2. The van der Waals surface area contributed by atoms with Crippen molar-refractivity contribution < 1.29 is 5.11 Å². The van der Waals surface area contributed by atoms with Gasteiger partial charge in [0.05, 0.1) is 11.5 Å². The molecule has 2 N–H and O–H groups in total. The summed E-state index contributed by atoms with van der Waals surface area (Å²) in [5.41, 5.74) is 3.52. The van der Waals surface area contributed by atoms with Gasteiger partial charge in [0.25, 0.3) is 0 Å². The number of anilines is 1. The van der Waals surface area contributed by atoms with Crippen molar-refractivity contribution in [3.8, 4) is 11.1 Å². The minimum Gasteiger partial charge on any atom is -0.392 e. The number of fused-ring (bicyclic) bond motifs is 1. The molecule has 0 spiro atoms. The van der Waals surface area contributed by atoms with Crippen LogP contribution in [0.2, 0.25) is 0 Å². The summed E-state index contributed by atoms with van der Waals surface area (Å²) in [5.74, 6) is 0.776. The van der Waals surface area contributed by atoms with Crippen molar-refractivity contribution in [1.29, 1.82) is 0 Å². The van der Waals surface area contributed by atoms with Gasteiger partial charge in [0.2, 0.25) is 0 Å². The predicted octanol–water partition coefficient (Wildman–Crippen LogP) is 3.46. The van der Waals surface area contributed by atoms with Crippen molar-refractivity contribution in [3.05, 3.63) is 41.5 Å². The van der Waals surface area contributed by atoms with E-state index in [1.165, 1.54) is 5.56 Å². The van der Waals surface area contributed by atoms with Crippen molar-refractivity contribution in [2.45, 2.75) is 20.0 Å². The molecule has 3 aromatic rings. The molecule has 1 unspecified atom stereocenters. The zero-order valence-electron chi connectivity index (χ0n) is 12.0. The Morgan fingerprint density at radius 3 is 2.71 bits per heavy atom. The van der Waals surface area contributed by atoms with Gasteiger partial charge < -0.3 is 10.4 Å². The Morgan fingerprint density at radius 1 is 1.24 bits per heavy atom. The smallest absolute Gasteiger partial charge is 0.138 e. The van der Waals surface area contributed by atoms with E-state index in [1.807, 2.05) is 0 Å². The molecule has 0 saturated heterocycles. The highest BCUT2D eigenvalue weighted by Crippen LogP contribution is 2.36. The lowest BCUT2D eigenvalue weighted by Crippen LogP contribution is -2.16. The molecular weight excluding hydrogens is 282 g/mol. The third-order valence-corrected chi connectivity index (χ3v) is 4.18. The van der Waals surface area contributed by atoms with Crippen molar-refractivity contribution in [1.82, 2.24) is 9.97 Å². The van der Waals surface area contributed by atoms with E-state index in [9.17, 15) is 5.11 Å². The third-order valence-electron chi connectivity index (χ3n) is 3.30. The monoisotopic (exact) mass is 299 g/mol. The molecule has 2 heterocycles. The molecule has 0 radical (unpaired) electrons. The number of aryl methyl sites for hydroxylation is 1. The van der Waals surface area contributed by atoms with E-state index in [4.69, 9.17) is 0 Å². The Bertz CT molecular complexity index is 750. The highest BCUT2D eigenvalue weighted by Gasteiger charge is 2.13. The molecule has 4 nitrogen and oxygen atoms in total. The predicted molar refractivity (Wildman–Crippen MR) is 87.8 cm³/mol. The summed E-state index contributed by atoms with van der Waals surface area (Å²) < 4.78 is 0. The van der Waals surface area contributed by atoms with Gasteiger partial charge >= 0.3 is 0 Å². The fourth-order valence-electron chi connectivity index (χ4n) is 2.20. The summed E-state index contributed by atoms with van der Waals surface area (Å²) in [4.78, 5) is 9.62. The molecule has 0 aliphatic carbocycles. The Kier molecular flexibility index (Phi) is 3.86. The quantitative estimate of drug-likeness (QED) is 0.774. The number of aliphatic hydroxyl groups is 1. The van der Waals surface area contributed by atoms with Gasteiger partial charge in [-0.2, -0.15) is 0 Å². The van der Waals surface area contributed by atoms with Crippen molar-refractivity contribution in [3.63, 3.8) is 0 Å². The standard InChI is InChI=1S/C16H17N3OS/c1-10-3-5-12(6-4-10)13-8-21-16-14(13)15(18-9-19-16)17-7-11(2)20/h3-6,8-9,11,20H,7H2,1-2H3,(H,17,18,19). The number of nitrogens with one attached hydrogen (secondary N) is 1. The lowest BCUT2D eigenvalue weighted by Gasteiger charge is -2.09. The first-order chi connectivity index (χ1) is 10.1. The second-order valence-electron chi connectivity index (χ2n) is 5.15. The Hall–Kier alpha value is -1.98. The first-order valence-corrected chi connectivity index (χ1v) is 7.74. The van der Waals surface area contributed by atoms with Crippen LogP contribution in [0, 0.1) is 6.92 Å².